The molecule has 4 aliphatic carbocycles. The Morgan fingerprint density at radius 3 is 2.30 bits per heavy atom. The summed E-state index contributed by atoms with van der Waals surface area (Å²) in [6, 6.07) is 16.8. The maximum Gasteiger partial charge on any atom is 0.408 e. The summed E-state index contributed by atoms with van der Waals surface area (Å²) in [6.45, 7) is 1.94. The lowest BCUT2D eigenvalue weighted by Crippen LogP contribution is -2.60. The molecule has 5 N–H and O–H groups in total. The summed E-state index contributed by atoms with van der Waals surface area (Å²) in [6.07, 6.45) is 7.20. The number of fused-ring (bicyclic) bond motifs is 1. The number of benzene rings is 2. The first-order valence-corrected chi connectivity index (χ1v) is 16.5. The third-order valence-electron chi connectivity index (χ3n) is 10.3. The minimum Gasteiger partial charge on any atom is -0.481 e. The van der Waals surface area contributed by atoms with Gasteiger partial charge in [-0.25, -0.2) is 4.79 Å². The molecule has 7 rings (SSSR count). The number of carboxylic acid groups (broad SMARTS) is 1. The molecule has 0 unspecified atom stereocenters. The zero-order chi connectivity index (χ0) is 32.3. The van der Waals surface area contributed by atoms with Gasteiger partial charge in [-0.2, -0.15) is 0 Å². The number of H-pyrrole nitrogens is 1. The molecule has 1 heterocycles. The number of hydrogen-bond acceptors (Lipinski definition) is 5. The quantitative estimate of drug-likeness (QED) is 0.175. The molecule has 4 bridgehead atoms. The first kappa shape index (κ1) is 31.6. The van der Waals surface area contributed by atoms with Gasteiger partial charge in [-0.15, -0.1) is 0 Å². The van der Waals surface area contributed by atoms with Gasteiger partial charge in [0, 0.05) is 36.5 Å². The molecule has 1 aromatic heterocycles. The van der Waals surface area contributed by atoms with Crippen molar-refractivity contribution in [3.8, 4) is 0 Å². The molecule has 0 radical (unpaired) electrons. The van der Waals surface area contributed by atoms with Crippen molar-refractivity contribution in [2.24, 2.45) is 23.7 Å². The van der Waals surface area contributed by atoms with E-state index in [1.165, 1.54) is 6.42 Å². The van der Waals surface area contributed by atoms with Crippen molar-refractivity contribution in [3.05, 3.63) is 71.9 Å². The van der Waals surface area contributed by atoms with Gasteiger partial charge in [0.2, 0.25) is 11.8 Å². The third kappa shape index (κ3) is 7.21. The molecule has 4 fully saturated rings. The van der Waals surface area contributed by atoms with Gasteiger partial charge in [-0.1, -0.05) is 48.5 Å². The number of ether oxygens (including phenoxy) is 1. The lowest BCUT2D eigenvalue weighted by molar-refractivity contribution is -0.139. The first-order valence-electron chi connectivity index (χ1n) is 16.5. The van der Waals surface area contributed by atoms with Crippen LogP contribution in [0.3, 0.4) is 0 Å². The number of rotatable bonds is 13. The summed E-state index contributed by atoms with van der Waals surface area (Å²) in [7, 11) is 0. The van der Waals surface area contributed by atoms with Gasteiger partial charge >= 0.3 is 12.1 Å². The topological polar surface area (TPSA) is 150 Å². The van der Waals surface area contributed by atoms with Crippen LogP contribution >= 0.6 is 0 Å². The first-order chi connectivity index (χ1) is 22.2. The molecule has 4 aliphatic rings. The smallest absolute Gasteiger partial charge is 0.408 e. The predicted molar refractivity (Wildman–Crippen MR) is 173 cm³/mol. The molecule has 10 heteroatoms. The maximum atomic E-state index is 14.0. The van der Waals surface area contributed by atoms with Crippen molar-refractivity contribution in [3.63, 3.8) is 0 Å². The summed E-state index contributed by atoms with van der Waals surface area (Å²) >= 11 is 0. The van der Waals surface area contributed by atoms with Crippen LogP contribution in [-0.4, -0.2) is 52.2 Å². The highest BCUT2D eigenvalue weighted by Gasteiger charge is 2.50. The fourth-order valence-electron chi connectivity index (χ4n) is 8.31. The lowest BCUT2D eigenvalue weighted by atomic mass is 9.55. The van der Waals surface area contributed by atoms with Crippen molar-refractivity contribution in [1.29, 1.82) is 0 Å². The predicted octanol–water partition coefficient (Wildman–Crippen LogP) is 5.25. The normalized spacial score (nSPS) is 24.9. The Kier molecular flexibility index (Phi) is 9.33. The monoisotopic (exact) mass is 628 g/mol. The second kappa shape index (κ2) is 13.6. The highest BCUT2D eigenvalue weighted by molar-refractivity contribution is 5.91. The second-order valence-corrected chi connectivity index (χ2v) is 13.8. The van der Waals surface area contributed by atoms with E-state index in [0.717, 1.165) is 59.5 Å². The summed E-state index contributed by atoms with van der Waals surface area (Å²) < 4.78 is 6.14. The van der Waals surface area contributed by atoms with E-state index >= 15 is 0 Å². The number of alkyl carbamates (subject to hydrolysis) is 1. The van der Waals surface area contributed by atoms with Crippen LogP contribution in [0.15, 0.2) is 60.8 Å². The van der Waals surface area contributed by atoms with Gasteiger partial charge in [-0.05, 0) is 86.3 Å². The number of aliphatic carboxylic acids is 1. The average Bonchev–Trinajstić information content (AvgIpc) is 3.43. The van der Waals surface area contributed by atoms with Crippen molar-refractivity contribution in [2.45, 2.75) is 82.4 Å². The SMILES string of the molecule is C[C@@](Cc1c[nH]c2ccccc12)(NC(=O)OC1C2CC3CC(C2)CC1C3)C(=O)NCC[C@H](NC(=O)CCC(=O)O)c1ccccc1. The third-order valence-corrected chi connectivity index (χ3v) is 10.3. The molecule has 2 atom stereocenters. The van der Waals surface area contributed by atoms with E-state index in [9.17, 15) is 19.2 Å². The molecular weight excluding hydrogens is 584 g/mol. The van der Waals surface area contributed by atoms with E-state index in [-0.39, 0.29) is 43.7 Å². The standard InChI is InChI=1S/C36H44N4O6/c1-36(20-27-21-38-30-10-6-5-9-28(27)30,40-35(45)46-33-25-16-22-15-23(18-25)19-26(33)17-22)34(44)37-14-13-29(24-7-3-2-4-8-24)39-31(41)11-12-32(42)43/h2-10,21-23,25-26,29,33,38H,11-20H2,1H3,(H,37,44)(H,39,41)(H,40,45)(H,42,43)/t22?,23?,25?,26?,29-,33?,36-/m0/s1. The van der Waals surface area contributed by atoms with E-state index in [2.05, 4.69) is 20.9 Å². The number of carboxylic acids is 1. The van der Waals surface area contributed by atoms with Crippen molar-refractivity contribution >= 4 is 34.8 Å². The van der Waals surface area contributed by atoms with Gasteiger partial charge in [0.05, 0.1) is 12.5 Å². The number of amides is 3. The molecule has 0 saturated heterocycles. The number of para-hydroxylation sites is 1. The molecule has 46 heavy (non-hydrogen) atoms. The van der Waals surface area contributed by atoms with E-state index in [1.807, 2.05) is 60.8 Å². The molecule has 3 aromatic rings. The minimum atomic E-state index is -1.32. The fraction of sp³-hybridized carbons (Fsp3) is 0.500. The van der Waals surface area contributed by atoms with E-state index in [0.29, 0.717) is 18.3 Å². The number of carbonyl (C=O) groups is 4. The van der Waals surface area contributed by atoms with E-state index in [4.69, 9.17) is 9.84 Å². The Hall–Kier alpha value is -4.34. The highest BCUT2D eigenvalue weighted by atomic mass is 16.6. The van der Waals surface area contributed by atoms with Crippen LogP contribution in [0.1, 0.15) is 75.5 Å². The molecule has 0 aliphatic heterocycles. The second-order valence-electron chi connectivity index (χ2n) is 13.8. The van der Waals surface area contributed by atoms with Gasteiger partial charge in [0.25, 0.3) is 0 Å². The van der Waals surface area contributed by atoms with Crippen molar-refractivity contribution in [1.82, 2.24) is 20.9 Å². The number of carbonyl (C=O) groups excluding carboxylic acids is 3. The molecule has 3 amide bonds. The van der Waals surface area contributed by atoms with Crippen molar-refractivity contribution in [2.75, 3.05) is 6.54 Å². The highest BCUT2D eigenvalue weighted by Crippen LogP contribution is 2.54. The van der Waals surface area contributed by atoms with Gasteiger partial charge in [0.1, 0.15) is 11.6 Å². The Morgan fingerprint density at radius 2 is 1.61 bits per heavy atom. The maximum absolute atomic E-state index is 14.0. The van der Waals surface area contributed by atoms with Crippen LogP contribution in [0.4, 0.5) is 4.79 Å². The van der Waals surface area contributed by atoms with E-state index < -0.39 is 23.6 Å². The molecule has 244 valence electrons. The van der Waals surface area contributed by atoms with Gasteiger partial charge in [0.15, 0.2) is 0 Å². The number of aromatic nitrogens is 1. The fourth-order valence-corrected chi connectivity index (χ4v) is 8.31. The van der Waals surface area contributed by atoms with E-state index in [1.54, 1.807) is 6.92 Å². The zero-order valence-corrected chi connectivity index (χ0v) is 26.3. The van der Waals surface area contributed by atoms with Crippen LogP contribution in [0.5, 0.6) is 0 Å². The summed E-state index contributed by atoms with van der Waals surface area (Å²) in [5.74, 6) is 0.537. The summed E-state index contributed by atoms with van der Waals surface area (Å²) in [4.78, 5) is 54.3. The largest absolute Gasteiger partial charge is 0.481 e. The van der Waals surface area contributed by atoms with Crippen molar-refractivity contribution < 1.29 is 29.0 Å². The number of hydrogen-bond donors (Lipinski definition) is 5. The Balaban J connectivity index is 1.15. The zero-order valence-electron chi connectivity index (χ0n) is 26.3. The van der Waals surface area contributed by atoms with Crippen LogP contribution in [0.2, 0.25) is 0 Å². The summed E-state index contributed by atoms with van der Waals surface area (Å²) in [5, 5.41) is 18.8. The Morgan fingerprint density at radius 1 is 0.935 bits per heavy atom. The van der Waals surface area contributed by atoms with Crippen LogP contribution in [0, 0.1) is 23.7 Å². The average molecular weight is 629 g/mol. The van der Waals surface area contributed by atoms with Gasteiger partial charge in [-0.3, -0.25) is 14.4 Å². The van der Waals surface area contributed by atoms with Gasteiger partial charge < -0.3 is 30.8 Å². The number of aromatic amines is 1. The molecule has 2 aromatic carbocycles. The molecule has 0 spiro atoms. The Labute approximate surface area is 269 Å². The molecule has 10 nitrogen and oxygen atoms in total. The van der Waals surface area contributed by atoms with Crippen LogP contribution < -0.4 is 16.0 Å². The summed E-state index contributed by atoms with van der Waals surface area (Å²) in [5.41, 5.74) is 1.37. The molecule has 4 saturated carbocycles. The lowest BCUT2D eigenvalue weighted by Gasteiger charge is -2.53. The molecular formula is C36H44N4O6. The Bertz CT molecular complexity index is 1540. The van der Waals surface area contributed by atoms with Crippen LogP contribution in [-0.2, 0) is 25.5 Å². The minimum absolute atomic E-state index is 0.107. The van der Waals surface area contributed by atoms with Crippen LogP contribution in [0.25, 0.3) is 10.9 Å². The number of nitrogens with one attached hydrogen (secondary N) is 4.